The number of carbonyl (C=O) groups is 1. The minimum absolute atomic E-state index is 0.103. The summed E-state index contributed by atoms with van der Waals surface area (Å²) in [5, 5.41) is 11.6. The van der Waals surface area contributed by atoms with Gasteiger partial charge in [-0.2, -0.15) is 9.57 Å². The lowest BCUT2D eigenvalue weighted by molar-refractivity contribution is 0.102. The van der Waals surface area contributed by atoms with Gasteiger partial charge in [0.25, 0.3) is 5.91 Å². The van der Waals surface area contributed by atoms with E-state index in [4.69, 9.17) is 5.26 Å². The SMILES string of the molecule is N#Cc1ccc(NC(=O)c2cccc(S(=O)(=O)N3CCN(Cc4ccccc4)CC3)c2)cc1. The molecule has 3 aromatic carbocycles. The van der Waals surface area contributed by atoms with Gasteiger partial charge in [0, 0.05) is 44.0 Å². The number of rotatable bonds is 6. The van der Waals surface area contributed by atoms with Crippen LogP contribution in [-0.2, 0) is 16.6 Å². The molecule has 168 valence electrons. The molecule has 3 aromatic rings. The summed E-state index contributed by atoms with van der Waals surface area (Å²) in [6.07, 6.45) is 0. The molecule has 33 heavy (non-hydrogen) atoms. The molecular formula is C25H24N4O3S. The van der Waals surface area contributed by atoms with E-state index in [1.165, 1.54) is 22.0 Å². The molecule has 1 fully saturated rings. The van der Waals surface area contributed by atoms with E-state index in [-0.39, 0.29) is 10.5 Å². The molecule has 1 aliphatic rings. The molecule has 7 nitrogen and oxygen atoms in total. The molecule has 1 heterocycles. The number of nitrogens with one attached hydrogen (secondary N) is 1. The summed E-state index contributed by atoms with van der Waals surface area (Å²) in [5.74, 6) is -0.413. The summed E-state index contributed by atoms with van der Waals surface area (Å²) in [6, 6.07) is 24.7. The van der Waals surface area contributed by atoms with Crippen LogP contribution in [0.15, 0.2) is 83.8 Å². The second kappa shape index (κ2) is 9.96. The predicted molar refractivity (Wildman–Crippen MR) is 126 cm³/mol. The van der Waals surface area contributed by atoms with Crippen molar-refractivity contribution in [3.63, 3.8) is 0 Å². The first kappa shape index (κ1) is 22.7. The fourth-order valence-electron chi connectivity index (χ4n) is 3.75. The largest absolute Gasteiger partial charge is 0.322 e. The molecule has 8 heteroatoms. The average molecular weight is 461 g/mol. The molecule has 0 atom stereocenters. The average Bonchev–Trinajstić information content (AvgIpc) is 2.85. The van der Waals surface area contributed by atoms with Gasteiger partial charge >= 0.3 is 0 Å². The smallest absolute Gasteiger partial charge is 0.255 e. The van der Waals surface area contributed by atoms with E-state index in [1.807, 2.05) is 24.3 Å². The Balaban J connectivity index is 1.41. The van der Waals surface area contributed by atoms with Crippen LogP contribution in [-0.4, -0.2) is 49.7 Å². The highest BCUT2D eigenvalue weighted by atomic mass is 32.2. The lowest BCUT2D eigenvalue weighted by Crippen LogP contribution is -2.48. The summed E-state index contributed by atoms with van der Waals surface area (Å²) < 4.78 is 27.9. The summed E-state index contributed by atoms with van der Waals surface area (Å²) in [5.41, 5.74) is 2.48. The first-order valence-corrected chi connectivity index (χ1v) is 12.1. The number of benzene rings is 3. The lowest BCUT2D eigenvalue weighted by atomic mass is 10.2. The number of anilines is 1. The fraction of sp³-hybridized carbons (Fsp3) is 0.200. The molecule has 0 radical (unpaired) electrons. The third kappa shape index (κ3) is 5.46. The van der Waals surface area contributed by atoms with Gasteiger partial charge in [-0.05, 0) is 48.0 Å². The van der Waals surface area contributed by atoms with Crippen LogP contribution in [0, 0.1) is 11.3 Å². The van der Waals surface area contributed by atoms with Crippen molar-refractivity contribution in [3.8, 4) is 6.07 Å². The minimum atomic E-state index is -3.71. The number of hydrogen-bond acceptors (Lipinski definition) is 5. The van der Waals surface area contributed by atoms with Crippen LogP contribution < -0.4 is 5.32 Å². The van der Waals surface area contributed by atoms with Crippen molar-refractivity contribution >= 4 is 21.6 Å². The minimum Gasteiger partial charge on any atom is -0.322 e. The van der Waals surface area contributed by atoms with Crippen LogP contribution in [0.5, 0.6) is 0 Å². The van der Waals surface area contributed by atoms with Crippen LogP contribution >= 0.6 is 0 Å². The normalized spacial score (nSPS) is 15.0. The second-order valence-corrected chi connectivity index (χ2v) is 9.77. The van der Waals surface area contributed by atoms with Gasteiger partial charge in [-0.1, -0.05) is 36.4 Å². The van der Waals surface area contributed by atoms with E-state index in [1.54, 1.807) is 36.4 Å². The molecule has 0 bridgehead atoms. The van der Waals surface area contributed by atoms with Gasteiger partial charge in [-0.15, -0.1) is 0 Å². The maximum Gasteiger partial charge on any atom is 0.255 e. The molecule has 0 spiro atoms. The molecule has 1 aliphatic heterocycles. The van der Waals surface area contributed by atoms with Gasteiger partial charge < -0.3 is 5.32 Å². The highest BCUT2D eigenvalue weighted by molar-refractivity contribution is 7.89. The third-order valence-electron chi connectivity index (χ3n) is 5.59. The van der Waals surface area contributed by atoms with Gasteiger partial charge in [0.2, 0.25) is 10.0 Å². The number of piperazine rings is 1. The van der Waals surface area contributed by atoms with Crippen molar-refractivity contribution in [2.24, 2.45) is 0 Å². The molecule has 4 rings (SSSR count). The fourth-order valence-corrected chi connectivity index (χ4v) is 5.22. The van der Waals surface area contributed by atoms with Crippen LogP contribution in [0.25, 0.3) is 0 Å². The van der Waals surface area contributed by atoms with Gasteiger partial charge in [0.15, 0.2) is 0 Å². The van der Waals surface area contributed by atoms with E-state index in [0.29, 0.717) is 37.4 Å². The Hall–Kier alpha value is -3.51. The number of carbonyl (C=O) groups excluding carboxylic acids is 1. The molecule has 0 unspecified atom stereocenters. The summed E-state index contributed by atoms with van der Waals surface area (Å²) in [6.45, 7) is 2.88. The third-order valence-corrected chi connectivity index (χ3v) is 7.48. The number of nitrogens with zero attached hydrogens (tertiary/aromatic N) is 3. The van der Waals surface area contributed by atoms with Crippen LogP contribution in [0.4, 0.5) is 5.69 Å². The molecule has 1 N–H and O–H groups in total. The monoisotopic (exact) mass is 460 g/mol. The Kier molecular flexibility index (Phi) is 6.84. The van der Waals surface area contributed by atoms with E-state index in [9.17, 15) is 13.2 Å². The Morgan fingerprint density at radius 2 is 1.61 bits per heavy atom. The summed E-state index contributed by atoms with van der Waals surface area (Å²) >= 11 is 0. The van der Waals surface area contributed by atoms with Gasteiger partial charge in [0.05, 0.1) is 16.5 Å². The maximum absolute atomic E-state index is 13.2. The maximum atomic E-state index is 13.2. The van der Waals surface area contributed by atoms with Crippen LogP contribution in [0.2, 0.25) is 0 Å². The van der Waals surface area contributed by atoms with Crippen molar-refractivity contribution < 1.29 is 13.2 Å². The zero-order valence-electron chi connectivity index (χ0n) is 18.0. The number of amides is 1. The zero-order chi connectivity index (χ0) is 23.3. The quantitative estimate of drug-likeness (QED) is 0.609. The van der Waals surface area contributed by atoms with E-state index >= 15 is 0 Å². The first-order valence-electron chi connectivity index (χ1n) is 10.6. The standard InChI is InChI=1S/C25H24N4O3S/c26-18-20-9-11-23(12-10-20)27-25(30)22-7-4-8-24(17-22)33(31,32)29-15-13-28(14-16-29)19-21-5-2-1-3-6-21/h1-12,17H,13-16,19H2,(H,27,30). The van der Waals surface area contributed by atoms with Crippen molar-refractivity contribution in [3.05, 3.63) is 95.6 Å². The second-order valence-electron chi connectivity index (χ2n) is 7.84. The van der Waals surface area contributed by atoms with Crippen molar-refractivity contribution in [2.75, 3.05) is 31.5 Å². The number of sulfonamides is 1. The van der Waals surface area contributed by atoms with Crippen LogP contribution in [0.3, 0.4) is 0 Å². The Morgan fingerprint density at radius 3 is 2.27 bits per heavy atom. The highest BCUT2D eigenvalue weighted by Gasteiger charge is 2.29. The number of hydrogen-bond donors (Lipinski definition) is 1. The molecule has 0 aliphatic carbocycles. The van der Waals surface area contributed by atoms with E-state index in [0.717, 1.165) is 6.54 Å². The van der Waals surface area contributed by atoms with E-state index in [2.05, 4.69) is 22.3 Å². The molecule has 1 amide bonds. The molecule has 0 saturated carbocycles. The highest BCUT2D eigenvalue weighted by Crippen LogP contribution is 2.20. The van der Waals surface area contributed by atoms with Gasteiger partial charge in [-0.3, -0.25) is 9.69 Å². The van der Waals surface area contributed by atoms with Crippen LogP contribution in [0.1, 0.15) is 21.5 Å². The van der Waals surface area contributed by atoms with Gasteiger partial charge in [-0.25, -0.2) is 8.42 Å². The molecular weight excluding hydrogens is 436 g/mol. The zero-order valence-corrected chi connectivity index (χ0v) is 18.8. The Labute approximate surface area is 193 Å². The Bertz CT molecular complexity index is 1260. The number of nitriles is 1. The lowest BCUT2D eigenvalue weighted by Gasteiger charge is -2.34. The predicted octanol–water partition coefficient (Wildman–Crippen LogP) is 3.32. The summed E-state index contributed by atoms with van der Waals surface area (Å²) in [7, 11) is -3.71. The molecule has 1 saturated heterocycles. The van der Waals surface area contributed by atoms with Crippen molar-refractivity contribution in [1.29, 1.82) is 5.26 Å². The first-order chi connectivity index (χ1) is 16.0. The van der Waals surface area contributed by atoms with Crippen molar-refractivity contribution in [2.45, 2.75) is 11.4 Å². The molecule has 0 aromatic heterocycles. The Morgan fingerprint density at radius 1 is 0.909 bits per heavy atom. The van der Waals surface area contributed by atoms with Crippen molar-refractivity contribution in [1.82, 2.24) is 9.21 Å². The summed E-state index contributed by atoms with van der Waals surface area (Å²) in [4.78, 5) is 15.0. The van der Waals surface area contributed by atoms with E-state index < -0.39 is 15.9 Å². The van der Waals surface area contributed by atoms with Gasteiger partial charge in [0.1, 0.15) is 0 Å². The topological polar surface area (TPSA) is 93.5 Å².